The molecule has 2 rings (SSSR count). The molecule has 0 saturated carbocycles. The Morgan fingerprint density at radius 3 is 2.80 bits per heavy atom. The van der Waals surface area contributed by atoms with Crippen LogP contribution in [-0.4, -0.2) is 19.7 Å². The van der Waals surface area contributed by atoms with Crippen LogP contribution in [0.25, 0.3) is 0 Å². The number of halogens is 1. The summed E-state index contributed by atoms with van der Waals surface area (Å²) in [4.78, 5) is 0. The van der Waals surface area contributed by atoms with Crippen molar-refractivity contribution in [2.24, 2.45) is 11.3 Å². The molecular weight excluding hydrogens is 314 g/mol. The summed E-state index contributed by atoms with van der Waals surface area (Å²) in [6.07, 6.45) is 2.09. The van der Waals surface area contributed by atoms with Crippen molar-refractivity contribution in [2.75, 3.05) is 19.7 Å². The normalized spacial score (nSPS) is 16.9. The molecule has 0 fully saturated rings. The molecule has 0 aliphatic carbocycles. The lowest BCUT2D eigenvalue weighted by Gasteiger charge is -2.35. The first-order valence-electron chi connectivity index (χ1n) is 7.61. The molecule has 1 aromatic carbocycles. The molecular formula is C17H26BrNO. The minimum Gasteiger partial charge on any atom is -0.493 e. The van der Waals surface area contributed by atoms with Gasteiger partial charge in [0, 0.05) is 17.4 Å². The lowest BCUT2D eigenvalue weighted by atomic mass is 9.74. The summed E-state index contributed by atoms with van der Waals surface area (Å²) >= 11 is 3.64. The number of nitrogens with one attached hydrogen (secondary N) is 1. The van der Waals surface area contributed by atoms with Crippen LogP contribution in [0.5, 0.6) is 5.75 Å². The topological polar surface area (TPSA) is 21.3 Å². The van der Waals surface area contributed by atoms with Crippen LogP contribution in [0.1, 0.15) is 38.8 Å². The Labute approximate surface area is 131 Å². The zero-order chi connectivity index (χ0) is 14.8. The van der Waals surface area contributed by atoms with E-state index in [2.05, 4.69) is 61.1 Å². The van der Waals surface area contributed by atoms with Gasteiger partial charge in [-0.05, 0) is 47.6 Å². The van der Waals surface area contributed by atoms with E-state index in [0.29, 0.717) is 5.92 Å². The van der Waals surface area contributed by atoms with Crippen LogP contribution in [0.3, 0.4) is 0 Å². The van der Waals surface area contributed by atoms with E-state index in [1.807, 2.05) is 0 Å². The Bertz CT molecular complexity index is 472. The Hall–Kier alpha value is -0.540. The lowest BCUT2D eigenvalue weighted by molar-refractivity contribution is 0.206. The summed E-state index contributed by atoms with van der Waals surface area (Å²) in [6, 6.07) is 4.43. The van der Waals surface area contributed by atoms with E-state index in [1.54, 1.807) is 0 Å². The van der Waals surface area contributed by atoms with Gasteiger partial charge in [-0.2, -0.15) is 0 Å². The minimum atomic E-state index is 0.247. The summed E-state index contributed by atoms with van der Waals surface area (Å²) < 4.78 is 7.05. The number of hydrogen-bond acceptors (Lipinski definition) is 2. The van der Waals surface area contributed by atoms with Crippen molar-refractivity contribution in [2.45, 2.75) is 40.5 Å². The molecule has 112 valence electrons. The fourth-order valence-electron chi connectivity index (χ4n) is 2.79. The highest BCUT2D eigenvalue weighted by molar-refractivity contribution is 9.10. The Kier molecular flexibility index (Phi) is 5.14. The molecule has 20 heavy (non-hydrogen) atoms. The Morgan fingerprint density at radius 2 is 2.15 bits per heavy atom. The number of ether oxygens (including phenoxy) is 1. The van der Waals surface area contributed by atoms with E-state index in [-0.39, 0.29) is 5.41 Å². The van der Waals surface area contributed by atoms with Crippen molar-refractivity contribution >= 4 is 15.9 Å². The van der Waals surface area contributed by atoms with Crippen molar-refractivity contribution < 1.29 is 4.74 Å². The van der Waals surface area contributed by atoms with Crippen LogP contribution >= 0.6 is 15.9 Å². The molecule has 1 N–H and O–H groups in total. The predicted octanol–water partition coefficient (Wildman–Crippen LogP) is 4.20. The second kappa shape index (κ2) is 6.48. The third kappa shape index (κ3) is 3.37. The van der Waals surface area contributed by atoms with Crippen LogP contribution in [0, 0.1) is 11.3 Å². The summed E-state index contributed by atoms with van der Waals surface area (Å²) in [6.45, 7) is 12.1. The Balaban J connectivity index is 2.27. The monoisotopic (exact) mass is 339 g/mol. The molecule has 1 aromatic rings. The van der Waals surface area contributed by atoms with Crippen molar-refractivity contribution in [3.63, 3.8) is 0 Å². The first-order valence-corrected chi connectivity index (χ1v) is 8.40. The van der Waals surface area contributed by atoms with Gasteiger partial charge in [-0.25, -0.2) is 0 Å². The van der Waals surface area contributed by atoms with E-state index in [0.717, 1.165) is 38.3 Å². The first kappa shape index (κ1) is 15.8. The molecule has 3 heteroatoms. The maximum absolute atomic E-state index is 5.87. The second-order valence-corrected chi connectivity index (χ2v) is 7.33. The largest absolute Gasteiger partial charge is 0.493 e. The zero-order valence-corrected chi connectivity index (χ0v) is 14.6. The van der Waals surface area contributed by atoms with Crippen molar-refractivity contribution in [3.05, 3.63) is 27.7 Å². The Morgan fingerprint density at radius 1 is 1.40 bits per heavy atom. The first-order chi connectivity index (χ1) is 9.46. The van der Waals surface area contributed by atoms with Gasteiger partial charge in [0.2, 0.25) is 0 Å². The quantitative estimate of drug-likeness (QED) is 0.838. The molecule has 2 nitrogen and oxygen atoms in total. The van der Waals surface area contributed by atoms with Gasteiger partial charge in [-0.15, -0.1) is 0 Å². The van der Waals surface area contributed by atoms with Gasteiger partial charge < -0.3 is 10.1 Å². The van der Waals surface area contributed by atoms with Crippen LogP contribution in [0.4, 0.5) is 0 Å². The maximum Gasteiger partial charge on any atom is 0.125 e. The minimum absolute atomic E-state index is 0.247. The highest BCUT2D eigenvalue weighted by atomic mass is 79.9. The van der Waals surface area contributed by atoms with Crippen molar-refractivity contribution in [1.29, 1.82) is 0 Å². The van der Waals surface area contributed by atoms with E-state index in [1.165, 1.54) is 15.6 Å². The van der Waals surface area contributed by atoms with E-state index in [9.17, 15) is 0 Å². The van der Waals surface area contributed by atoms with Gasteiger partial charge >= 0.3 is 0 Å². The fraction of sp³-hybridized carbons (Fsp3) is 0.647. The van der Waals surface area contributed by atoms with Gasteiger partial charge in [-0.1, -0.05) is 43.6 Å². The van der Waals surface area contributed by atoms with Crippen LogP contribution in [0.2, 0.25) is 0 Å². The number of benzene rings is 1. The van der Waals surface area contributed by atoms with Crippen LogP contribution in [0.15, 0.2) is 16.6 Å². The van der Waals surface area contributed by atoms with Crippen molar-refractivity contribution in [1.82, 2.24) is 5.32 Å². The standard InChI is InChI=1S/C17H26BrNO/c1-5-19-11-17(4,12(2)3)10-14-9-15(18)8-13-6-7-20-16(13)14/h8-9,12,19H,5-7,10-11H2,1-4H3. The third-order valence-corrected chi connectivity index (χ3v) is 5.05. The van der Waals surface area contributed by atoms with Crippen LogP contribution < -0.4 is 10.1 Å². The maximum atomic E-state index is 5.87. The molecule has 1 heterocycles. The molecule has 1 atom stereocenters. The number of rotatable bonds is 6. The molecule has 0 saturated heterocycles. The summed E-state index contributed by atoms with van der Waals surface area (Å²) in [5.74, 6) is 1.76. The highest BCUT2D eigenvalue weighted by Crippen LogP contribution is 2.39. The zero-order valence-electron chi connectivity index (χ0n) is 13.1. The lowest BCUT2D eigenvalue weighted by Crippen LogP contribution is -2.38. The number of hydrogen-bond donors (Lipinski definition) is 1. The molecule has 0 aromatic heterocycles. The second-order valence-electron chi connectivity index (χ2n) is 6.42. The summed E-state index contributed by atoms with van der Waals surface area (Å²) in [5, 5.41) is 3.52. The average Bonchev–Trinajstić information content (AvgIpc) is 2.84. The average molecular weight is 340 g/mol. The predicted molar refractivity (Wildman–Crippen MR) is 88.5 cm³/mol. The number of fused-ring (bicyclic) bond motifs is 1. The smallest absolute Gasteiger partial charge is 0.125 e. The molecule has 0 bridgehead atoms. The van der Waals surface area contributed by atoms with Gasteiger partial charge in [-0.3, -0.25) is 0 Å². The highest BCUT2D eigenvalue weighted by Gasteiger charge is 2.30. The van der Waals surface area contributed by atoms with E-state index >= 15 is 0 Å². The van der Waals surface area contributed by atoms with Gasteiger partial charge in [0.1, 0.15) is 5.75 Å². The van der Waals surface area contributed by atoms with Crippen LogP contribution in [-0.2, 0) is 12.8 Å². The molecule has 0 amide bonds. The van der Waals surface area contributed by atoms with Gasteiger partial charge in [0.15, 0.2) is 0 Å². The van der Waals surface area contributed by atoms with Gasteiger partial charge in [0.25, 0.3) is 0 Å². The van der Waals surface area contributed by atoms with E-state index in [4.69, 9.17) is 4.74 Å². The van der Waals surface area contributed by atoms with Crippen molar-refractivity contribution in [3.8, 4) is 5.75 Å². The summed E-state index contributed by atoms with van der Waals surface area (Å²) in [7, 11) is 0. The molecule has 1 aliphatic heterocycles. The van der Waals surface area contributed by atoms with Gasteiger partial charge in [0.05, 0.1) is 6.61 Å². The third-order valence-electron chi connectivity index (χ3n) is 4.59. The SMILES string of the molecule is CCNCC(C)(Cc1cc(Br)cc2c1OCC2)C(C)C. The fourth-order valence-corrected chi connectivity index (χ4v) is 3.35. The molecule has 1 aliphatic rings. The van der Waals surface area contributed by atoms with E-state index < -0.39 is 0 Å². The molecule has 0 radical (unpaired) electrons. The molecule has 0 spiro atoms. The molecule has 1 unspecified atom stereocenters. The summed E-state index contributed by atoms with van der Waals surface area (Å²) in [5.41, 5.74) is 2.95.